The van der Waals surface area contributed by atoms with Crippen LogP contribution in [0.25, 0.3) is 0 Å². The van der Waals surface area contributed by atoms with Gasteiger partial charge >= 0.3 is 0 Å². The highest BCUT2D eigenvalue weighted by Crippen LogP contribution is 2.29. The van der Waals surface area contributed by atoms with Crippen molar-refractivity contribution in [2.24, 2.45) is 0 Å². The van der Waals surface area contributed by atoms with Crippen molar-refractivity contribution in [2.45, 2.75) is 69.5 Å². The number of sulfonamides is 1. The van der Waals surface area contributed by atoms with Crippen molar-refractivity contribution in [1.29, 1.82) is 0 Å². The number of furan rings is 1. The molecule has 0 aromatic carbocycles. The summed E-state index contributed by atoms with van der Waals surface area (Å²) in [6, 6.07) is 2.14. The molecule has 1 aliphatic carbocycles. The van der Waals surface area contributed by atoms with Gasteiger partial charge in [-0.05, 0) is 48.5 Å². The van der Waals surface area contributed by atoms with Crippen LogP contribution in [0.5, 0.6) is 0 Å². The molecule has 5 nitrogen and oxygen atoms in total. The van der Waals surface area contributed by atoms with Gasteiger partial charge in [0.25, 0.3) is 0 Å². The maximum absolute atomic E-state index is 12.5. The van der Waals surface area contributed by atoms with E-state index in [9.17, 15) is 8.42 Å². The Morgan fingerprint density at radius 2 is 2.00 bits per heavy atom. The summed E-state index contributed by atoms with van der Waals surface area (Å²) < 4.78 is 33.6. The maximum atomic E-state index is 12.5. The van der Waals surface area contributed by atoms with Crippen LogP contribution in [0, 0.1) is 0 Å². The summed E-state index contributed by atoms with van der Waals surface area (Å²) >= 11 is 3.21. The number of nitrogens with one attached hydrogen (secondary N) is 2. The molecule has 0 unspecified atom stereocenters. The van der Waals surface area contributed by atoms with Crippen LogP contribution in [0.2, 0.25) is 0 Å². The quantitative estimate of drug-likeness (QED) is 0.728. The molecule has 1 heterocycles. The van der Waals surface area contributed by atoms with E-state index in [1.807, 2.05) is 20.8 Å². The van der Waals surface area contributed by atoms with Gasteiger partial charge in [0.1, 0.15) is 10.7 Å². The summed E-state index contributed by atoms with van der Waals surface area (Å²) in [5.74, 6) is 0.629. The van der Waals surface area contributed by atoms with Gasteiger partial charge in [0.2, 0.25) is 10.0 Å². The van der Waals surface area contributed by atoms with Gasteiger partial charge in [0.05, 0.1) is 6.54 Å². The molecule has 1 aromatic rings. The van der Waals surface area contributed by atoms with Crippen molar-refractivity contribution in [3.8, 4) is 0 Å². The van der Waals surface area contributed by atoms with Crippen LogP contribution < -0.4 is 10.0 Å². The topological polar surface area (TPSA) is 71.3 Å². The first-order valence-electron chi connectivity index (χ1n) is 7.35. The van der Waals surface area contributed by atoms with Gasteiger partial charge in [0.15, 0.2) is 4.67 Å². The Morgan fingerprint density at radius 3 is 2.52 bits per heavy atom. The molecule has 2 N–H and O–H groups in total. The Hall–Kier alpha value is -0.370. The monoisotopic (exact) mass is 378 g/mol. The van der Waals surface area contributed by atoms with Crippen molar-refractivity contribution >= 4 is 26.0 Å². The Morgan fingerprint density at radius 1 is 1.38 bits per heavy atom. The number of hydrogen-bond acceptors (Lipinski definition) is 4. The van der Waals surface area contributed by atoms with E-state index in [1.165, 1.54) is 12.8 Å². The second-order valence-corrected chi connectivity index (χ2v) is 8.25. The molecule has 0 atom stereocenters. The Balaban J connectivity index is 2.14. The number of halogens is 1. The van der Waals surface area contributed by atoms with Crippen molar-refractivity contribution in [1.82, 2.24) is 10.0 Å². The fourth-order valence-corrected chi connectivity index (χ4v) is 4.52. The molecule has 1 fully saturated rings. The van der Waals surface area contributed by atoms with Crippen molar-refractivity contribution in [3.63, 3.8) is 0 Å². The van der Waals surface area contributed by atoms with Crippen LogP contribution in [0.1, 0.15) is 52.2 Å². The lowest BCUT2D eigenvalue weighted by molar-refractivity contribution is 0.388. The van der Waals surface area contributed by atoms with Gasteiger partial charge in [-0.15, -0.1) is 0 Å². The molecular formula is C14H23BrN2O3S. The highest BCUT2D eigenvalue weighted by atomic mass is 79.9. The second kappa shape index (κ2) is 6.40. The van der Waals surface area contributed by atoms with Crippen LogP contribution in [-0.2, 0) is 16.6 Å². The molecule has 0 radical (unpaired) electrons. The average Bonchev–Trinajstić information content (AvgIpc) is 3.18. The fourth-order valence-electron chi connectivity index (χ4n) is 1.97. The number of rotatable bonds is 8. The summed E-state index contributed by atoms with van der Waals surface area (Å²) in [6.45, 7) is 6.41. The highest BCUT2D eigenvalue weighted by Gasteiger charge is 2.31. The molecule has 0 aliphatic heterocycles. The van der Waals surface area contributed by atoms with Gasteiger partial charge in [-0.3, -0.25) is 0 Å². The molecule has 0 saturated heterocycles. The van der Waals surface area contributed by atoms with Gasteiger partial charge in [-0.25, -0.2) is 13.1 Å². The van der Waals surface area contributed by atoms with Gasteiger partial charge in [-0.2, -0.15) is 0 Å². The van der Waals surface area contributed by atoms with Crippen LogP contribution in [-0.4, -0.2) is 20.0 Å². The number of hydrogen-bond donors (Lipinski definition) is 2. The molecule has 0 bridgehead atoms. The smallest absolute Gasteiger partial charge is 0.245 e. The zero-order valence-corrected chi connectivity index (χ0v) is 15.1. The first kappa shape index (κ1) is 17.0. The Bertz CT molecular complexity index is 589. The molecule has 1 aromatic heterocycles. The normalized spacial score (nSPS) is 16.4. The van der Waals surface area contributed by atoms with Crippen LogP contribution in [0.15, 0.2) is 20.0 Å². The van der Waals surface area contributed by atoms with E-state index in [0.29, 0.717) is 18.3 Å². The molecule has 0 spiro atoms. The van der Waals surface area contributed by atoms with E-state index in [1.54, 1.807) is 6.07 Å². The third-order valence-corrected chi connectivity index (χ3v) is 6.58. The minimum Gasteiger partial charge on any atom is -0.452 e. The first-order valence-corrected chi connectivity index (χ1v) is 9.63. The van der Waals surface area contributed by atoms with E-state index in [4.69, 9.17) is 4.42 Å². The predicted molar refractivity (Wildman–Crippen MR) is 85.6 cm³/mol. The summed E-state index contributed by atoms with van der Waals surface area (Å²) in [6.07, 6.45) is 3.82. The minimum absolute atomic E-state index is 0.170. The standard InChI is InChI=1S/C14H23BrN2O3S/c1-4-14(3,5-2)17-21(18,19)12-8-11(20-13(12)15)9-16-10-6-7-10/h8,10,16-17H,4-7,9H2,1-3H3. The van der Waals surface area contributed by atoms with E-state index in [2.05, 4.69) is 26.0 Å². The third-order valence-electron chi connectivity index (χ3n) is 4.08. The van der Waals surface area contributed by atoms with Gasteiger partial charge in [0, 0.05) is 17.6 Å². The average molecular weight is 379 g/mol. The zero-order valence-electron chi connectivity index (χ0n) is 12.7. The van der Waals surface area contributed by atoms with Gasteiger partial charge in [-0.1, -0.05) is 13.8 Å². The predicted octanol–water partition coefficient (Wildman–Crippen LogP) is 3.15. The summed E-state index contributed by atoms with van der Waals surface area (Å²) in [7, 11) is -3.59. The molecule has 0 amide bonds. The molecule has 1 aliphatic rings. The van der Waals surface area contributed by atoms with Crippen molar-refractivity contribution in [2.75, 3.05) is 0 Å². The van der Waals surface area contributed by atoms with E-state index >= 15 is 0 Å². The Kier molecular flexibility index (Phi) is 5.18. The minimum atomic E-state index is -3.59. The van der Waals surface area contributed by atoms with Crippen LogP contribution >= 0.6 is 15.9 Å². The molecular weight excluding hydrogens is 356 g/mol. The Labute approximate surface area is 135 Å². The molecule has 21 heavy (non-hydrogen) atoms. The molecule has 120 valence electrons. The van der Waals surface area contributed by atoms with Gasteiger partial charge < -0.3 is 9.73 Å². The fraction of sp³-hybridized carbons (Fsp3) is 0.714. The second-order valence-electron chi connectivity index (χ2n) is 5.88. The first-order chi connectivity index (χ1) is 9.79. The van der Waals surface area contributed by atoms with E-state index < -0.39 is 15.6 Å². The zero-order chi connectivity index (χ0) is 15.7. The van der Waals surface area contributed by atoms with Crippen LogP contribution in [0.3, 0.4) is 0 Å². The lowest BCUT2D eigenvalue weighted by Gasteiger charge is -2.27. The van der Waals surface area contributed by atoms with Crippen molar-refractivity contribution in [3.05, 3.63) is 16.5 Å². The SMILES string of the molecule is CCC(C)(CC)NS(=O)(=O)c1cc(CNC2CC2)oc1Br. The highest BCUT2D eigenvalue weighted by molar-refractivity contribution is 9.10. The maximum Gasteiger partial charge on any atom is 0.245 e. The van der Waals surface area contributed by atoms with E-state index in [-0.39, 0.29) is 9.56 Å². The molecule has 2 rings (SSSR count). The summed E-state index contributed by atoms with van der Waals surface area (Å²) in [4.78, 5) is 0.170. The molecule has 1 saturated carbocycles. The largest absolute Gasteiger partial charge is 0.452 e. The van der Waals surface area contributed by atoms with Crippen LogP contribution in [0.4, 0.5) is 0 Å². The summed E-state index contributed by atoms with van der Waals surface area (Å²) in [5, 5.41) is 3.31. The molecule has 7 heteroatoms. The lowest BCUT2D eigenvalue weighted by atomic mass is 9.98. The lowest BCUT2D eigenvalue weighted by Crippen LogP contribution is -2.44. The van der Waals surface area contributed by atoms with E-state index in [0.717, 1.165) is 12.8 Å². The third kappa shape index (κ3) is 4.31. The van der Waals surface area contributed by atoms with Crippen molar-refractivity contribution < 1.29 is 12.8 Å². The summed E-state index contributed by atoms with van der Waals surface area (Å²) in [5.41, 5.74) is -0.442.